The summed E-state index contributed by atoms with van der Waals surface area (Å²) >= 11 is 3.25. The van der Waals surface area contributed by atoms with Gasteiger partial charge < -0.3 is 10.1 Å². The first-order valence-electron chi connectivity index (χ1n) is 7.10. The molecule has 0 aliphatic heterocycles. The maximum Gasteiger partial charge on any atom is 0.390 e. The highest BCUT2D eigenvalue weighted by Crippen LogP contribution is 2.28. The summed E-state index contributed by atoms with van der Waals surface area (Å²) in [5.74, 6) is -0.193. The van der Waals surface area contributed by atoms with Gasteiger partial charge in [-0.05, 0) is 28.1 Å². The van der Waals surface area contributed by atoms with Crippen molar-refractivity contribution in [2.75, 3.05) is 11.9 Å². The van der Waals surface area contributed by atoms with E-state index in [4.69, 9.17) is 4.74 Å². The van der Waals surface area contributed by atoms with Crippen molar-refractivity contribution in [1.29, 1.82) is 0 Å². The Balaban J connectivity index is 1.90. The van der Waals surface area contributed by atoms with Crippen LogP contribution in [0.15, 0.2) is 41.1 Å². The Morgan fingerprint density at radius 2 is 2.04 bits per heavy atom. The first-order valence-corrected chi connectivity index (χ1v) is 7.89. The van der Waals surface area contributed by atoms with E-state index in [1.807, 2.05) is 0 Å². The Kier molecular flexibility index (Phi) is 4.80. The van der Waals surface area contributed by atoms with Crippen LogP contribution in [-0.2, 0) is 0 Å². The lowest BCUT2D eigenvalue weighted by Crippen LogP contribution is -2.15. The number of nitrogens with zero attached hydrogens (tertiary/aromatic N) is 3. The second-order valence-electron chi connectivity index (χ2n) is 5.06. The minimum Gasteiger partial charge on any atom is -0.437 e. The van der Waals surface area contributed by atoms with Crippen molar-refractivity contribution in [3.05, 3.63) is 46.9 Å². The number of halogens is 5. The highest BCUT2D eigenvalue weighted by Gasteiger charge is 2.26. The van der Waals surface area contributed by atoms with Crippen LogP contribution in [0.5, 0.6) is 11.6 Å². The lowest BCUT2D eigenvalue weighted by molar-refractivity contribution is -0.131. The smallest absolute Gasteiger partial charge is 0.390 e. The summed E-state index contributed by atoms with van der Waals surface area (Å²) in [4.78, 5) is 4.09. The first kappa shape index (κ1) is 17.5. The molecule has 3 aromatic rings. The molecule has 1 aromatic carbocycles. The van der Waals surface area contributed by atoms with E-state index in [1.54, 1.807) is 0 Å². The molecule has 0 fully saturated rings. The lowest BCUT2D eigenvalue weighted by atomic mass is 10.3. The number of imidazole rings is 1. The minimum atomic E-state index is -4.27. The second-order valence-corrected chi connectivity index (χ2v) is 5.88. The van der Waals surface area contributed by atoms with Gasteiger partial charge in [0, 0.05) is 18.7 Å². The van der Waals surface area contributed by atoms with Crippen LogP contribution in [0.25, 0.3) is 5.65 Å². The van der Waals surface area contributed by atoms with Crippen molar-refractivity contribution in [1.82, 2.24) is 14.6 Å². The zero-order valence-electron chi connectivity index (χ0n) is 12.5. The Morgan fingerprint density at radius 1 is 1.24 bits per heavy atom. The van der Waals surface area contributed by atoms with Crippen LogP contribution in [0.4, 0.5) is 23.2 Å². The highest BCUT2D eigenvalue weighted by molar-refractivity contribution is 9.10. The largest absolute Gasteiger partial charge is 0.437 e. The summed E-state index contributed by atoms with van der Waals surface area (Å²) in [6, 6.07) is 6.86. The van der Waals surface area contributed by atoms with E-state index >= 15 is 0 Å². The van der Waals surface area contributed by atoms with Crippen molar-refractivity contribution >= 4 is 27.3 Å². The molecule has 0 atom stereocenters. The van der Waals surface area contributed by atoms with Gasteiger partial charge in [0.25, 0.3) is 0 Å². The van der Waals surface area contributed by atoms with Gasteiger partial charge in [0.2, 0.25) is 5.88 Å². The van der Waals surface area contributed by atoms with E-state index < -0.39 is 18.4 Å². The molecule has 0 amide bonds. The van der Waals surface area contributed by atoms with Crippen LogP contribution >= 0.6 is 15.9 Å². The van der Waals surface area contributed by atoms with E-state index in [2.05, 4.69) is 31.3 Å². The topological polar surface area (TPSA) is 51.5 Å². The van der Waals surface area contributed by atoms with Crippen LogP contribution < -0.4 is 10.1 Å². The van der Waals surface area contributed by atoms with E-state index in [1.165, 1.54) is 41.0 Å². The molecule has 10 heteroatoms. The second kappa shape index (κ2) is 6.87. The SMILES string of the molecule is Fc1cccc(Oc2cc(NCCC(F)(F)F)c3ncc(Br)n3n2)c1. The van der Waals surface area contributed by atoms with Gasteiger partial charge in [-0.2, -0.15) is 13.2 Å². The van der Waals surface area contributed by atoms with Gasteiger partial charge in [-0.3, -0.25) is 0 Å². The Bertz CT molecular complexity index is 897. The van der Waals surface area contributed by atoms with E-state index in [-0.39, 0.29) is 18.2 Å². The van der Waals surface area contributed by atoms with Gasteiger partial charge in [-0.25, -0.2) is 13.9 Å². The average molecular weight is 419 g/mol. The summed E-state index contributed by atoms with van der Waals surface area (Å²) in [5.41, 5.74) is 0.650. The third kappa shape index (κ3) is 4.38. The third-order valence-corrected chi connectivity index (χ3v) is 3.69. The molecule has 25 heavy (non-hydrogen) atoms. The van der Waals surface area contributed by atoms with Crippen LogP contribution in [0.3, 0.4) is 0 Å². The van der Waals surface area contributed by atoms with Gasteiger partial charge in [-0.1, -0.05) is 6.07 Å². The molecule has 0 saturated heterocycles. The number of ether oxygens (including phenoxy) is 1. The summed E-state index contributed by atoms with van der Waals surface area (Å²) in [7, 11) is 0. The Hall–Kier alpha value is -2.36. The summed E-state index contributed by atoms with van der Waals surface area (Å²) in [6.45, 7) is -0.326. The quantitative estimate of drug-likeness (QED) is 0.605. The average Bonchev–Trinajstić information content (AvgIpc) is 2.88. The zero-order chi connectivity index (χ0) is 18.0. The van der Waals surface area contributed by atoms with Gasteiger partial charge in [0.15, 0.2) is 5.65 Å². The standard InChI is InChI=1S/C15H11BrF4N4O/c16-12-8-22-14-11(21-5-4-15(18,19)20)7-13(23-24(12)14)25-10-3-1-2-9(17)6-10/h1-3,6-8,21H,4-5H2. The molecule has 0 aliphatic rings. The zero-order valence-corrected chi connectivity index (χ0v) is 14.1. The third-order valence-electron chi connectivity index (χ3n) is 3.15. The molecule has 2 heterocycles. The number of hydrogen-bond donors (Lipinski definition) is 1. The summed E-state index contributed by atoms with van der Waals surface area (Å²) < 4.78 is 57.6. The molecule has 0 spiro atoms. The predicted molar refractivity (Wildman–Crippen MR) is 86.3 cm³/mol. The normalized spacial score (nSPS) is 11.7. The fraction of sp³-hybridized carbons (Fsp3) is 0.200. The van der Waals surface area contributed by atoms with Crippen LogP contribution in [0.1, 0.15) is 6.42 Å². The van der Waals surface area contributed by atoms with Gasteiger partial charge in [-0.15, -0.1) is 5.10 Å². The molecule has 0 unspecified atom stereocenters. The lowest BCUT2D eigenvalue weighted by Gasteiger charge is -2.12. The van der Waals surface area contributed by atoms with Gasteiger partial charge in [0.05, 0.1) is 18.3 Å². The van der Waals surface area contributed by atoms with Crippen molar-refractivity contribution in [3.8, 4) is 11.6 Å². The number of hydrogen-bond acceptors (Lipinski definition) is 4. The number of benzene rings is 1. The molecule has 0 saturated carbocycles. The maximum absolute atomic E-state index is 13.3. The molecule has 2 aromatic heterocycles. The Morgan fingerprint density at radius 3 is 2.76 bits per heavy atom. The highest BCUT2D eigenvalue weighted by atomic mass is 79.9. The number of anilines is 1. The van der Waals surface area contributed by atoms with Gasteiger partial charge in [0.1, 0.15) is 16.2 Å². The van der Waals surface area contributed by atoms with Crippen molar-refractivity contribution in [2.24, 2.45) is 0 Å². The molecular formula is C15H11BrF4N4O. The van der Waals surface area contributed by atoms with Crippen molar-refractivity contribution in [2.45, 2.75) is 12.6 Å². The number of fused-ring (bicyclic) bond motifs is 1. The maximum atomic E-state index is 13.3. The summed E-state index contributed by atoms with van der Waals surface area (Å²) in [6.07, 6.45) is -3.81. The van der Waals surface area contributed by atoms with Gasteiger partial charge >= 0.3 is 6.18 Å². The molecule has 0 radical (unpaired) electrons. The predicted octanol–water partition coefficient (Wildman–Crippen LogP) is 4.79. The Labute approximate surface area is 147 Å². The van der Waals surface area contributed by atoms with Crippen LogP contribution in [0, 0.1) is 5.82 Å². The number of alkyl halides is 3. The fourth-order valence-corrected chi connectivity index (χ4v) is 2.44. The number of rotatable bonds is 5. The van der Waals surface area contributed by atoms with Crippen molar-refractivity contribution < 1.29 is 22.3 Å². The van der Waals surface area contributed by atoms with Crippen molar-refractivity contribution in [3.63, 3.8) is 0 Å². The van der Waals surface area contributed by atoms with Crippen LogP contribution in [-0.4, -0.2) is 27.3 Å². The molecule has 5 nitrogen and oxygen atoms in total. The fourth-order valence-electron chi connectivity index (χ4n) is 2.09. The monoisotopic (exact) mass is 418 g/mol. The summed E-state index contributed by atoms with van der Waals surface area (Å²) in [5, 5.41) is 6.85. The molecule has 0 bridgehead atoms. The van der Waals surface area contributed by atoms with E-state index in [9.17, 15) is 17.6 Å². The van der Waals surface area contributed by atoms with Crippen LogP contribution in [0.2, 0.25) is 0 Å². The first-order chi connectivity index (χ1) is 11.8. The molecule has 0 aliphatic carbocycles. The van der Waals surface area contributed by atoms with E-state index in [0.717, 1.165) is 0 Å². The molecule has 3 rings (SSSR count). The minimum absolute atomic E-state index is 0.0753. The number of aromatic nitrogens is 3. The van der Waals surface area contributed by atoms with E-state index in [0.29, 0.717) is 15.9 Å². The molecule has 1 N–H and O–H groups in total. The molecule has 132 valence electrons. The molecular weight excluding hydrogens is 408 g/mol. The number of nitrogens with one attached hydrogen (secondary N) is 1.